The third-order valence-electron chi connectivity index (χ3n) is 2.98. The van der Waals surface area contributed by atoms with Crippen LogP contribution in [0.5, 0.6) is 11.5 Å². The maximum atomic E-state index is 10.5. The number of aliphatic hydroxyl groups is 1. The van der Waals surface area contributed by atoms with Gasteiger partial charge in [0.25, 0.3) is 0 Å². The zero-order chi connectivity index (χ0) is 15.1. The first-order valence-corrected chi connectivity index (χ1v) is 7.33. The minimum Gasteiger partial charge on any atom is -0.494 e. The van der Waals surface area contributed by atoms with Crippen LogP contribution in [0.4, 0.5) is 0 Å². The van der Waals surface area contributed by atoms with Crippen molar-refractivity contribution in [2.24, 2.45) is 0 Å². The number of rotatable bonds is 8. The van der Waals surface area contributed by atoms with Crippen LogP contribution in [0.3, 0.4) is 0 Å². The van der Waals surface area contributed by atoms with Crippen LogP contribution >= 0.6 is 0 Å². The molecule has 0 fully saturated rings. The van der Waals surface area contributed by atoms with Gasteiger partial charge in [0.2, 0.25) is 0 Å². The van der Waals surface area contributed by atoms with E-state index in [2.05, 4.69) is 19.2 Å². The Morgan fingerprint density at radius 3 is 2.30 bits per heavy atom. The molecule has 0 saturated carbocycles. The molecule has 1 aromatic carbocycles. The van der Waals surface area contributed by atoms with E-state index in [9.17, 15) is 5.11 Å². The average Bonchev–Trinajstić information content (AvgIpc) is 2.39. The van der Waals surface area contributed by atoms with E-state index in [4.69, 9.17) is 9.47 Å². The average molecular weight is 281 g/mol. The predicted molar refractivity (Wildman–Crippen MR) is 81.5 cm³/mol. The van der Waals surface area contributed by atoms with E-state index in [1.54, 1.807) is 0 Å². The van der Waals surface area contributed by atoms with Gasteiger partial charge in [-0.25, -0.2) is 0 Å². The first kappa shape index (κ1) is 16.8. The monoisotopic (exact) mass is 281 g/mol. The van der Waals surface area contributed by atoms with E-state index in [1.165, 1.54) is 0 Å². The van der Waals surface area contributed by atoms with Gasteiger partial charge < -0.3 is 19.9 Å². The number of hydrogen-bond acceptors (Lipinski definition) is 4. The maximum absolute atomic E-state index is 10.5. The van der Waals surface area contributed by atoms with Crippen molar-refractivity contribution >= 4 is 0 Å². The lowest BCUT2D eigenvalue weighted by molar-refractivity contribution is 0.127. The fourth-order valence-corrected chi connectivity index (χ4v) is 2.19. The molecule has 0 saturated heterocycles. The largest absolute Gasteiger partial charge is 0.494 e. The van der Waals surface area contributed by atoms with E-state index in [1.807, 2.05) is 39.0 Å². The molecule has 4 nitrogen and oxygen atoms in total. The second-order valence-electron chi connectivity index (χ2n) is 5.12. The van der Waals surface area contributed by atoms with E-state index >= 15 is 0 Å². The molecule has 0 radical (unpaired) electrons. The molecule has 1 rings (SSSR count). The molecule has 0 amide bonds. The lowest BCUT2D eigenvalue weighted by Crippen LogP contribution is -2.37. The second-order valence-corrected chi connectivity index (χ2v) is 5.12. The highest BCUT2D eigenvalue weighted by Crippen LogP contribution is 2.31. The van der Waals surface area contributed by atoms with Crippen molar-refractivity contribution in [1.29, 1.82) is 0 Å². The molecule has 0 aliphatic rings. The van der Waals surface area contributed by atoms with Gasteiger partial charge >= 0.3 is 0 Å². The molecule has 4 heteroatoms. The van der Waals surface area contributed by atoms with Crippen LogP contribution in [0.15, 0.2) is 18.2 Å². The zero-order valence-corrected chi connectivity index (χ0v) is 13.1. The molecule has 0 spiro atoms. The number of ether oxygens (including phenoxy) is 2. The molecular formula is C16H27NO3. The van der Waals surface area contributed by atoms with Gasteiger partial charge in [0.15, 0.2) is 0 Å². The van der Waals surface area contributed by atoms with Crippen LogP contribution in [0.2, 0.25) is 0 Å². The highest BCUT2D eigenvalue weighted by atomic mass is 16.5. The molecule has 0 bridgehead atoms. The van der Waals surface area contributed by atoms with Crippen molar-refractivity contribution in [3.05, 3.63) is 23.8 Å². The maximum Gasteiger partial charge on any atom is 0.125 e. The number of hydrogen-bond donors (Lipinski definition) is 2. The third kappa shape index (κ3) is 4.69. The molecule has 20 heavy (non-hydrogen) atoms. The Labute approximate surface area is 122 Å². The molecule has 2 N–H and O–H groups in total. The number of nitrogens with one attached hydrogen (secondary N) is 1. The first-order chi connectivity index (χ1) is 9.49. The summed E-state index contributed by atoms with van der Waals surface area (Å²) < 4.78 is 11.1. The molecule has 0 heterocycles. The minimum atomic E-state index is -0.639. The van der Waals surface area contributed by atoms with Gasteiger partial charge in [-0.3, -0.25) is 0 Å². The summed E-state index contributed by atoms with van der Waals surface area (Å²) in [6.45, 7) is 11.1. The molecule has 114 valence electrons. The molecule has 2 atom stereocenters. The van der Waals surface area contributed by atoms with E-state index < -0.39 is 6.10 Å². The summed E-state index contributed by atoms with van der Waals surface area (Å²) in [5.74, 6) is 1.46. The smallest absolute Gasteiger partial charge is 0.125 e. The summed E-state index contributed by atoms with van der Waals surface area (Å²) in [4.78, 5) is 0. The summed E-state index contributed by atoms with van der Waals surface area (Å²) in [5.41, 5.74) is 0.762. The van der Waals surface area contributed by atoms with Crippen LogP contribution in [0.1, 0.15) is 46.3 Å². The SMILES string of the molecule is CCOc1ccc(OCC)c([C@H](O)[C@@H](C)NC(C)C)c1. The summed E-state index contributed by atoms with van der Waals surface area (Å²) >= 11 is 0. The fourth-order valence-electron chi connectivity index (χ4n) is 2.19. The van der Waals surface area contributed by atoms with Crippen LogP contribution in [-0.4, -0.2) is 30.4 Å². The lowest BCUT2D eigenvalue weighted by atomic mass is 10.0. The van der Waals surface area contributed by atoms with Crippen LogP contribution in [0.25, 0.3) is 0 Å². The van der Waals surface area contributed by atoms with E-state index in [0.29, 0.717) is 25.0 Å². The van der Waals surface area contributed by atoms with Gasteiger partial charge in [-0.15, -0.1) is 0 Å². The Bertz CT molecular complexity index is 407. The van der Waals surface area contributed by atoms with Gasteiger partial charge in [-0.2, -0.15) is 0 Å². The van der Waals surface area contributed by atoms with E-state index in [0.717, 1.165) is 11.3 Å². The van der Waals surface area contributed by atoms with Gasteiger partial charge in [-0.1, -0.05) is 13.8 Å². The highest BCUT2D eigenvalue weighted by Gasteiger charge is 2.21. The summed E-state index contributed by atoms with van der Waals surface area (Å²) in [6.07, 6.45) is -0.639. The molecule has 1 aromatic rings. The second kappa shape index (κ2) is 8.12. The fraction of sp³-hybridized carbons (Fsp3) is 0.625. The van der Waals surface area contributed by atoms with Crippen molar-refractivity contribution in [1.82, 2.24) is 5.32 Å². The van der Waals surface area contributed by atoms with Gasteiger partial charge in [0.1, 0.15) is 11.5 Å². The molecule has 0 unspecified atom stereocenters. The van der Waals surface area contributed by atoms with Crippen molar-refractivity contribution in [2.75, 3.05) is 13.2 Å². The molecule has 0 aliphatic carbocycles. The van der Waals surface area contributed by atoms with Gasteiger partial charge in [0, 0.05) is 17.6 Å². The Morgan fingerprint density at radius 2 is 1.75 bits per heavy atom. The Balaban J connectivity index is 3.00. The van der Waals surface area contributed by atoms with Crippen LogP contribution in [-0.2, 0) is 0 Å². The molecular weight excluding hydrogens is 254 g/mol. The highest BCUT2D eigenvalue weighted by molar-refractivity contribution is 5.42. The normalized spacial score (nSPS) is 14.2. The third-order valence-corrected chi connectivity index (χ3v) is 2.98. The lowest BCUT2D eigenvalue weighted by Gasteiger charge is -2.25. The van der Waals surface area contributed by atoms with Gasteiger partial charge in [-0.05, 0) is 39.0 Å². The zero-order valence-electron chi connectivity index (χ0n) is 13.1. The standard InChI is InChI=1S/C16H27NO3/c1-6-19-13-8-9-15(20-7-2)14(10-13)16(18)12(5)17-11(3)4/h8-12,16-18H,6-7H2,1-5H3/t12-,16-/m1/s1. The Kier molecular flexibility index (Phi) is 6.82. The van der Waals surface area contributed by atoms with Crippen LogP contribution < -0.4 is 14.8 Å². The Morgan fingerprint density at radius 1 is 1.10 bits per heavy atom. The molecule has 0 aromatic heterocycles. The summed E-state index contributed by atoms with van der Waals surface area (Å²) in [6, 6.07) is 5.83. The summed E-state index contributed by atoms with van der Waals surface area (Å²) in [7, 11) is 0. The van der Waals surface area contributed by atoms with E-state index in [-0.39, 0.29) is 6.04 Å². The Hall–Kier alpha value is -1.26. The molecule has 0 aliphatic heterocycles. The number of benzene rings is 1. The van der Waals surface area contributed by atoms with Crippen LogP contribution in [0, 0.1) is 0 Å². The van der Waals surface area contributed by atoms with Gasteiger partial charge in [0.05, 0.1) is 19.3 Å². The minimum absolute atomic E-state index is 0.0638. The van der Waals surface area contributed by atoms with Crippen molar-refractivity contribution in [3.8, 4) is 11.5 Å². The topological polar surface area (TPSA) is 50.7 Å². The predicted octanol–water partition coefficient (Wildman–Crippen LogP) is 2.90. The number of aliphatic hydroxyl groups excluding tert-OH is 1. The first-order valence-electron chi connectivity index (χ1n) is 7.33. The quantitative estimate of drug-likeness (QED) is 0.769. The van der Waals surface area contributed by atoms with Crippen molar-refractivity contribution < 1.29 is 14.6 Å². The van der Waals surface area contributed by atoms with Crippen molar-refractivity contribution in [3.63, 3.8) is 0 Å². The summed E-state index contributed by atoms with van der Waals surface area (Å²) in [5, 5.41) is 13.9. The van der Waals surface area contributed by atoms with Crippen molar-refractivity contribution in [2.45, 2.75) is 52.8 Å².